The van der Waals surface area contributed by atoms with E-state index in [2.05, 4.69) is 10.4 Å². The van der Waals surface area contributed by atoms with Crippen molar-refractivity contribution in [1.29, 1.82) is 0 Å². The minimum atomic E-state index is -2.18. The summed E-state index contributed by atoms with van der Waals surface area (Å²) < 4.78 is 67.2. The second-order valence-electron chi connectivity index (χ2n) is 4.83. The Labute approximate surface area is 116 Å². The third-order valence-corrected chi connectivity index (χ3v) is 3.21. The summed E-state index contributed by atoms with van der Waals surface area (Å²) in [5, 5.41) is 6.96. The lowest BCUT2D eigenvalue weighted by Gasteiger charge is -2.08. The Bertz CT molecular complexity index is 664. The fourth-order valence-corrected chi connectivity index (χ4v) is 1.91. The van der Waals surface area contributed by atoms with E-state index in [4.69, 9.17) is 0 Å². The summed E-state index contributed by atoms with van der Waals surface area (Å²) in [6, 6.07) is 1.86. The first-order chi connectivity index (χ1) is 9.99. The van der Waals surface area contributed by atoms with E-state index < -0.39 is 34.8 Å². The summed E-state index contributed by atoms with van der Waals surface area (Å²) in [7, 11) is 0. The molecular formula is C13H10F5N3. The van der Waals surface area contributed by atoms with Crippen molar-refractivity contribution in [2.45, 2.75) is 25.4 Å². The molecule has 3 nitrogen and oxygen atoms in total. The zero-order valence-corrected chi connectivity index (χ0v) is 10.6. The topological polar surface area (TPSA) is 29.9 Å². The van der Waals surface area contributed by atoms with Crippen LogP contribution in [0.4, 0.5) is 22.0 Å². The van der Waals surface area contributed by atoms with Crippen LogP contribution in [0.1, 0.15) is 18.5 Å². The number of rotatable bonds is 4. The normalized spacial score (nSPS) is 14.7. The first-order valence-electron chi connectivity index (χ1n) is 6.28. The number of halogens is 5. The van der Waals surface area contributed by atoms with Gasteiger partial charge in [0.15, 0.2) is 23.3 Å². The maximum absolute atomic E-state index is 13.6. The van der Waals surface area contributed by atoms with Crippen LogP contribution < -0.4 is 5.32 Å². The molecule has 1 heterocycles. The van der Waals surface area contributed by atoms with Gasteiger partial charge in [-0.05, 0) is 18.9 Å². The first-order valence-corrected chi connectivity index (χ1v) is 6.28. The standard InChI is InChI=1S/C13H10F5N3/c14-8-9(15)11(17)13(12(18)10(8)16)21-4-3-7(20-21)5-19-6-1-2-6/h3-4,6,19H,1-2,5H2. The molecule has 1 saturated carbocycles. The predicted molar refractivity (Wildman–Crippen MR) is 63.2 cm³/mol. The number of hydrogen-bond acceptors (Lipinski definition) is 2. The molecule has 0 radical (unpaired) electrons. The van der Waals surface area contributed by atoms with Crippen molar-refractivity contribution in [3.8, 4) is 5.69 Å². The van der Waals surface area contributed by atoms with E-state index in [-0.39, 0.29) is 0 Å². The van der Waals surface area contributed by atoms with Crippen molar-refractivity contribution in [2.75, 3.05) is 0 Å². The van der Waals surface area contributed by atoms with Gasteiger partial charge in [-0.15, -0.1) is 0 Å². The lowest BCUT2D eigenvalue weighted by atomic mass is 10.2. The predicted octanol–water partition coefficient (Wildman–Crippen LogP) is 2.82. The molecular weight excluding hydrogens is 293 g/mol. The van der Waals surface area contributed by atoms with Gasteiger partial charge in [0.1, 0.15) is 5.69 Å². The van der Waals surface area contributed by atoms with Crippen LogP contribution in [0.5, 0.6) is 0 Å². The molecule has 0 saturated heterocycles. The summed E-state index contributed by atoms with van der Waals surface area (Å²) in [5.41, 5.74) is -0.630. The molecule has 1 aliphatic carbocycles. The van der Waals surface area contributed by atoms with E-state index in [1.54, 1.807) is 0 Å². The van der Waals surface area contributed by atoms with Crippen molar-refractivity contribution in [3.63, 3.8) is 0 Å². The molecule has 0 bridgehead atoms. The molecule has 3 rings (SSSR count). The maximum atomic E-state index is 13.6. The van der Waals surface area contributed by atoms with Gasteiger partial charge in [0, 0.05) is 18.8 Å². The van der Waals surface area contributed by atoms with Crippen molar-refractivity contribution in [2.24, 2.45) is 0 Å². The van der Waals surface area contributed by atoms with Crippen LogP contribution in [-0.4, -0.2) is 15.8 Å². The molecule has 1 fully saturated rings. The SMILES string of the molecule is Fc1c(F)c(F)c(-n2ccc(CNC3CC3)n2)c(F)c1F. The largest absolute Gasteiger partial charge is 0.308 e. The Morgan fingerprint density at radius 2 is 1.57 bits per heavy atom. The minimum Gasteiger partial charge on any atom is -0.308 e. The van der Waals surface area contributed by atoms with E-state index in [1.165, 1.54) is 6.07 Å². The second-order valence-corrected chi connectivity index (χ2v) is 4.83. The van der Waals surface area contributed by atoms with Gasteiger partial charge in [-0.2, -0.15) is 5.10 Å². The molecule has 0 aliphatic heterocycles. The number of nitrogens with one attached hydrogen (secondary N) is 1. The van der Waals surface area contributed by atoms with Crippen LogP contribution >= 0.6 is 0 Å². The van der Waals surface area contributed by atoms with Crippen LogP contribution in [0.15, 0.2) is 12.3 Å². The second kappa shape index (κ2) is 5.10. The fourth-order valence-electron chi connectivity index (χ4n) is 1.91. The lowest BCUT2D eigenvalue weighted by molar-refractivity contribution is 0.373. The van der Waals surface area contributed by atoms with Gasteiger partial charge in [-0.1, -0.05) is 0 Å². The van der Waals surface area contributed by atoms with Crippen molar-refractivity contribution in [1.82, 2.24) is 15.1 Å². The van der Waals surface area contributed by atoms with Gasteiger partial charge < -0.3 is 5.32 Å². The molecule has 0 spiro atoms. The molecule has 0 unspecified atom stereocenters. The van der Waals surface area contributed by atoms with E-state index in [0.717, 1.165) is 19.0 Å². The van der Waals surface area contributed by atoms with E-state index in [0.29, 0.717) is 23.0 Å². The quantitative estimate of drug-likeness (QED) is 0.535. The Balaban J connectivity index is 1.96. The van der Waals surface area contributed by atoms with E-state index >= 15 is 0 Å². The Hall–Kier alpha value is -1.96. The summed E-state index contributed by atoms with van der Waals surface area (Å²) in [5.74, 6) is -9.97. The molecule has 1 aromatic carbocycles. The minimum absolute atomic E-state index is 0.368. The van der Waals surface area contributed by atoms with Crippen LogP contribution in [0.25, 0.3) is 5.69 Å². The highest BCUT2D eigenvalue weighted by molar-refractivity contribution is 5.37. The number of aromatic nitrogens is 2. The summed E-state index contributed by atoms with van der Waals surface area (Å²) >= 11 is 0. The average molecular weight is 303 g/mol. The Morgan fingerprint density at radius 1 is 1.00 bits per heavy atom. The molecule has 1 N–H and O–H groups in total. The lowest BCUT2D eigenvalue weighted by Crippen LogP contribution is -2.16. The summed E-state index contributed by atoms with van der Waals surface area (Å²) in [4.78, 5) is 0. The highest BCUT2D eigenvalue weighted by Crippen LogP contribution is 2.26. The Morgan fingerprint density at radius 3 is 2.14 bits per heavy atom. The molecule has 21 heavy (non-hydrogen) atoms. The van der Waals surface area contributed by atoms with Crippen LogP contribution in [0.3, 0.4) is 0 Å². The molecule has 0 amide bonds. The Kier molecular flexibility index (Phi) is 3.40. The van der Waals surface area contributed by atoms with Crippen LogP contribution in [-0.2, 0) is 6.54 Å². The molecule has 2 aromatic rings. The van der Waals surface area contributed by atoms with Gasteiger partial charge in [0.2, 0.25) is 5.82 Å². The molecule has 1 aliphatic rings. The number of nitrogens with zero attached hydrogens (tertiary/aromatic N) is 2. The molecule has 0 atom stereocenters. The van der Waals surface area contributed by atoms with Gasteiger partial charge in [0.05, 0.1) is 5.69 Å². The van der Waals surface area contributed by atoms with Gasteiger partial charge >= 0.3 is 0 Å². The maximum Gasteiger partial charge on any atom is 0.200 e. The molecule has 1 aromatic heterocycles. The van der Waals surface area contributed by atoms with Crippen LogP contribution in [0, 0.1) is 29.1 Å². The van der Waals surface area contributed by atoms with Crippen molar-refractivity contribution < 1.29 is 22.0 Å². The average Bonchev–Trinajstić information content (AvgIpc) is 3.20. The van der Waals surface area contributed by atoms with Gasteiger partial charge in [-0.3, -0.25) is 0 Å². The molecule has 8 heteroatoms. The van der Waals surface area contributed by atoms with Gasteiger partial charge in [-0.25, -0.2) is 26.6 Å². The zero-order chi connectivity index (χ0) is 15.1. The van der Waals surface area contributed by atoms with Crippen LogP contribution in [0.2, 0.25) is 0 Å². The molecule has 112 valence electrons. The monoisotopic (exact) mass is 303 g/mol. The fraction of sp³-hybridized carbons (Fsp3) is 0.308. The smallest absolute Gasteiger partial charge is 0.200 e. The van der Waals surface area contributed by atoms with Crippen molar-refractivity contribution in [3.05, 3.63) is 47.0 Å². The summed E-state index contributed by atoms with van der Waals surface area (Å²) in [6.07, 6.45) is 3.26. The van der Waals surface area contributed by atoms with Crippen molar-refractivity contribution >= 4 is 0 Å². The summed E-state index contributed by atoms with van der Waals surface area (Å²) in [6.45, 7) is 0.368. The third kappa shape index (κ3) is 2.51. The van der Waals surface area contributed by atoms with E-state index in [9.17, 15) is 22.0 Å². The third-order valence-electron chi connectivity index (χ3n) is 3.21. The number of hydrogen-bond donors (Lipinski definition) is 1. The number of benzene rings is 1. The highest BCUT2D eigenvalue weighted by Gasteiger charge is 2.27. The van der Waals surface area contributed by atoms with Gasteiger partial charge in [0.25, 0.3) is 0 Å². The highest BCUT2D eigenvalue weighted by atomic mass is 19.2. The zero-order valence-electron chi connectivity index (χ0n) is 10.6. The van der Waals surface area contributed by atoms with E-state index in [1.807, 2.05) is 0 Å². The first kappa shape index (κ1) is 14.0.